The molecule has 0 saturated carbocycles. The number of methoxy groups -OCH3 is 1. The summed E-state index contributed by atoms with van der Waals surface area (Å²) in [4.78, 5) is 12.9. The molecule has 0 spiro atoms. The second kappa shape index (κ2) is 6.73. The highest BCUT2D eigenvalue weighted by Crippen LogP contribution is 2.30. The van der Waals surface area contributed by atoms with Crippen molar-refractivity contribution in [1.29, 1.82) is 0 Å². The van der Waals surface area contributed by atoms with Gasteiger partial charge in [-0.15, -0.1) is 0 Å². The molecule has 2 aromatic heterocycles. The van der Waals surface area contributed by atoms with Gasteiger partial charge in [0.1, 0.15) is 5.75 Å². The van der Waals surface area contributed by atoms with Crippen LogP contribution in [-0.2, 0) is 6.54 Å². The first-order chi connectivity index (χ1) is 13.1. The summed E-state index contributed by atoms with van der Waals surface area (Å²) in [5, 5.41) is 7.65. The number of nitrogens with one attached hydrogen (secondary N) is 1. The van der Waals surface area contributed by atoms with Crippen molar-refractivity contribution in [3.8, 4) is 16.9 Å². The Morgan fingerprint density at radius 2 is 1.96 bits per heavy atom. The van der Waals surface area contributed by atoms with Crippen LogP contribution < -0.4 is 16.1 Å². The van der Waals surface area contributed by atoms with Gasteiger partial charge in [0.05, 0.1) is 19.2 Å². The van der Waals surface area contributed by atoms with Crippen LogP contribution in [0.4, 0.5) is 0 Å². The number of H-pyrrole nitrogens is 1. The fraction of sp³-hybridized carbons (Fsp3) is 0.105. The second-order valence-electron chi connectivity index (χ2n) is 6.05. The van der Waals surface area contributed by atoms with Gasteiger partial charge in [-0.1, -0.05) is 30.3 Å². The molecular weight excluding hydrogens is 362 g/mol. The molecule has 0 radical (unpaired) electrons. The third-order valence-electron chi connectivity index (χ3n) is 4.48. The van der Waals surface area contributed by atoms with Crippen molar-refractivity contribution in [1.82, 2.24) is 19.4 Å². The van der Waals surface area contributed by atoms with Crippen LogP contribution in [0.15, 0.2) is 59.4 Å². The minimum Gasteiger partial charge on any atom is -0.497 e. The largest absolute Gasteiger partial charge is 0.497 e. The Morgan fingerprint density at radius 3 is 2.63 bits per heavy atom. The number of nitrogens with zero attached hydrogens (tertiary/aromatic N) is 3. The molecule has 8 heteroatoms. The van der Waals surface area contributed by atoms with Crippen molar-refractivity contribution in [3.05, 3.63) is 75.5 Å². The van der Waals surface area contributed by atoms with E-state index in [0.717, 1.165) is 22.0 Å². The van der Waals surface area contributed by atoms with Gasteiger partial charge in [0.25, 0.3) is 5.56 Å². The van der Waals surface area contributed by atoms with Gasteiger partial charge in [-0.05, 0) is 41.5 Å². The number of aromatic amines is 1. The number of hydrogen-bond donors (Lipinski definition) is 2. The van der Waals surface area contributed by atoms with Gasteiger partial charge in [-0.2, -0.15) is 5.10 Å². The summed E-state index contributed by atoms with van der Waals surface area (Å²) >= 11 is 5.05. The molecule has 7 nitrogen and oxygen atoms in total. The minimum absolute atomic E-state index is 0.152. The van der Waals surface area contributed by atoms with Gasteiger partial charge in [-0.25, -0.2) is 4.68 Å². The first kappa shape index (κ1) is 17.0. The molecule has 0 fully saturated rings. The molecular formula is C19H17N5O2S. The van der Waals surface area contributed by atoms with E-state index in [0.29, 0.717) is 16.3 Å². The molecule has 0 aliphatic heterocycles. The number of fused-ring (bicyclic) bond motifs is 1. The fourth-order valence-electron chi connectivity index (χ4n) is 3.10. The third-order valence-corrected chi connectivity index (χ3v) is 4.77. The monoisotopic (exact) mass is 379 g/mol. The van der Waals surface area contributed by atoms with E-state index >= 15 is 0 Å². The maximum absolute atomic E-state index is 12.9. The zero-order valence-electron chi connectivity index (χ0n) is 14.5. The normalized spacial score (nSPS) is 11.0. The van der Waals surface area contributed by atoms with Gasteiger partial charge in [0, 0.05) is 11.5 Å². The maximum atomic E-state index is 12.9. The Labute approximate surface area is 159 Å². The summed E-state index contributed by atoms with van der Waals surface area (Å²) in [6.45, 7) is 0.195. The Kier molecular flexibility index (Phi) is 4.25. The number of aromatic nitrogens is 4. The summed E-state index contributed by atoms with van der Waals surface area (Å²) in [6.07, 6.45) is 0. The lowest BCUT2D eigenvalue weighted by Gasteiger charge is -2.14. The van der Waals surface area contributed by atoms with Crippen molar-refractivity contribution in [3.63, 3.8) is 0 Å². The van der Waals surface area contributed by atoms with E-state index in [2.05, 4.69) is 10.2 Å². The minimum atomic E-state index is -0.152. The lowest BCUT2D eigenvalue weighted by atomic mass is 10.0. The molecule has 0 saturated heterocycles. The fourth-order valence-corrected chi connectivity index (χ4v) is 3.25. The van der Waals surface area contributed by atoms with Crippen molar-refractivity contribution in [2.75, 3.05) is 13.0 Å². The highest BCUT2D eigenvalue weighted by atomic mass is 32.1. The molecule has 27 heavy (non-hydrogen) atoms. The van der Waals surface area contributed by atoms with Crippen LogP contribution in [0.1, 0.15) is 5.82 Å². The molecule has 2 aromatic carbocycles. The number of pyridine rings is 1. The van der Waals surface area contributed by atoms with E-state index < -0.39 is 0 Å². The molecule has 0 aliphatic carbocycles. The molecule has 3 N–H and O–H groups in total. The molecule has 4 aromatic rings. The van der Waals surface area contributed by atoms with E-state index in [1.165, 1.54) is 4.68 Å². The van der Waals surface area contributed by atoms with Crippen LogP contribution in [0.5, 0.6) is 5.75 Å². The summed E-state index contributed by atoms with van der Waals surface area (Å²) in [7, 11) is 1.62. The highest BCUT2D eigenvalue weighted by molar-refractivity contribution is 7.71. The van der Waals surface area contributed by atoms with Crippen LogP contribution in [0.2, 0.25) is 0 Å². The molecule has 0 bridgehead atoms. The van der Waals surface area contributed by atoms with Crippen molar-refractivity contribution in [2.45, 2.75) is 6.54 Å². The predicted octanol–water partition coefficient (Wildman–Crippen LogP) is 2.69. The number of benzene rings is 2. The maximum Gasteiger partial charge on any atom is 0.252 e. The zero-order chi connectivity index (χ0) is 19.0. The van der Waals surface area contributed by atoms with Crippen molar-refractivity contribution < 1.29 is 4.74 Å². The number of nitrogen functional groups attached to an aromatic ring is 1. The Bertz CT molecular complexity index is 1240. The molecule has 0 amide bonds. The van der Waals surface area contributed by atoms with Gasteiger partial charge in [0.15, 0.2) is 5.82 Å². The van der Waals surface area contributed by atoms with Crippen LogP contribution >= 0.6 is 12.2 Å². The topological polar surface area (TPSA) is 90.9 Å². The second-order valence-corrected chi connectivity index (χ2v) is 6.43. The van der Waals surface area contributed by atoms with E-state index in [1.807, 2.05) is 48.5 Å². The summed E-state index contributed by atoms with van der Waals surface area (Å²) in [5.41, 5.74) is 2.41. The molecule has 136 valence electrons. The van der Waals surface area contributed by atoms with Gasteiger partial charge >= 0.3 is 0 Å². The standard InChI is InChI=1S/C19H17N5O2S/c1-26-13-7-8-16-15(9-13)14(12-5-3-2-4-6-12)10-18(25)23(16)11-17-21-22-19(27)24(17)20/h2-10H,11,20H2,1H3,(H,22,27). The van der Waals surface area contributed by atoms with Crippen LogP contribution in [0.25, 0.3) is 22.0 Å². The van der Waals surface area contributed by atoms with Crippen LogP contribution in [0.3, 0.4) is 0 Å². The summed E-state index contributed by atoms with van der Waals surface area (Å²) in [6, 6.07) is 17.0. The smallest absolute Gasteiger partial charge is 0.252 e. The molecule has 0 aliphatic rings. The van der Waals surface area contributed by atoms with Gasteiger partial charge < -0.3 is 15.1 Å². The lowest BCUT2D eigenvalue weighted by Crippen LogP contribution is -2.24. The number of rotatable bonds is 4. The van der Waals surface area contributed by atoms with Crippen LogP contribution in [0, 0.1) is 4.77 Å². The van der Waals surface area contributed by atoms with E-state index in [-0.39, 0.29) is 12.1 Å². The number of ether oxygens (including phenoxy) is 1. The van der Waals surface area contributed by atoms with Crippen molar-refractivity contribution >= 4 is 23.1 Å². The SMILES string of the molecule is COc1ccc2c(c1)c(-c1ccccc1)cc(=O)n2Cc1n[nH]c(=S)n1N. The number of nitrogens with two attached hydrogens (primary N) is 1. The molecule has 4 rings (SSSR count). The predicted molar refractivity (Wildman–Crippen MR) is 107 cm³/mol. The molecule has 2 heterocycles. The van der Waals surface area contributed by atoms with Gasteiger partial charge in [0.2, 0.25) is 4.77 Å². The quantitative estimate of drug-likeness (QED) is 0.420. The van der Waals surface area contributed by atoms with Crippen molar-refractivity contribution in [2.24, 2.45) is 0 Å². The Hall–Kier alpha value is -3.39. The summed E-state index contributed by atoms with van der Waals surface area (Å²) in [5.74, 6) is 7.07. The number of hydrogen-bond acceptors (Lipinski definition) is 5. The van der Waals surface area contributed by atoms with Crippen LogP contribution in [-0.4, -0.2) is 26.6 Å². The average molecular weight is 379 g/mol. The zero-order valence-corrected chi connectivity index (χ0v) is 15.4. The molecule has 0 unspecified atom stereocenters. The lowest BCUT2D eigenvalue weighted by molar-refractivity contribution is 0.415. The first-order valence-electron chi connectivity index (χ1n) is 8.27. The summed E-state index contributed by atoms with van der Waals surface area (Å²) < 4.78 is 8.56. The Morgan fingerprint density at radius 1 is 1.19 bits per heavy atom. The van der Waals surface area contributed by atoms with E-state index in [9.17, 15) is 4.79 Å². The first-order valence-corrected chi connectivity index (χ1v) is 8.67. The third kappa shape index (κ3) is 3.00. The van der Waals surface area contributed by atoms with E-state index in [4.69, 9.17) is 22.8 Å². The average Bonchev–Trinajstić information content (AvgIpc) is 3.02. The van der Waals surface area contributed by atoms with E-state index in [1.54, 1.807) is 17.7 Å². The highest BCUT2D eigenvalue weighted by Gasteiger charge is 2.14. The molecule has 0 atom stereocenters. The van der Waals surface area contributed by atoms with Gasteiger partial charge in [-0.3, -0.25) is 9.89 Å². The Balaban J connectivity index is 1.98.